The number of aryl methyl sites for hydroxylation is 1. The van der Waals surface area contributed by atoms with Crippen molar-refractivity contribution in [2.24, 2.45) is 0 Å². The van der Waals surface area contributed by atoms with Gasteiger partial charge < -0.3 is 15.2 Å². The van der Waals surface area contributed by atoms with Crippen molar-refractivity contribution in [1.82, 2.24) is 14.9 Å². The molecule has 2 N–H and O–H groups in total. The van der Waals surface area contributed by atoms with Crippen LogP contribution in [-0.2, 0) is 12.8 Å². The lowest BCUT2D eigenvalue weighted by atomic mass is 9.97. The van der Waals surface area contributed by atoms with Crippen molar-refractivity contribution in [2.45, 2.75) is 51.1 Å². The summed E-state index contributed by atoms with van der Waals surface area (Å²) in [4.78, 5) is 5.22. The van der Waals surface area contributed by atoms with Crippen molar-refractivity contribution in [3.63, 3.8) is 0 Å². The fourth-order valence-electron chi connectivity index (χ4n) is 4.73. The quantitative estimate of drug-likeness (QED) is 0.732. The molecule has 4 heteroatoms. The number of benzene rings is 2. The number of nitrogens with zero attached hydrogens (tertiary/aromatic N) is 2. The van der Waals surface area contributed by atoms with Gasteiger partial charge in [0.05, 0.1) is 11.0 Å². The number of imidazole rings is 1. The molecule has 0 radical (unpaired) electrons. The SMILES string of the molecule is C[C@H]1CCc2c(ccc3c2nc(Cc2ccccc2)n3C2CCNCC2)N1. The third kappa shape index (κ3) is 3.12. The second kappa shape index (κ2) is 7.01. The summed E-state index contributed by atoms with van der Waals surface area (Å²) < 4.78 is 2.56. The van der Waals surface area contributed by atoms with Gasteiger partial charge in [0.15, 0.2) is 0 Å². The van der Waals surface area contributed by atoms with Gasteiger partial charge in [0.2, 0.25) is 0 Å². The van der Waals surface area contributed by atoms with E-state index in [9.17, 15) is 0 Å². The number of fused-ring (bicyclic) bond motifs is 3. The highest BCUT2D eigenvalue weighted by molar-refractivity contribution is 5.86. The van der Waals surface area contributed by atoms with Crippen LogP contribution >= 0.6 is 0 Å². The van der Waals surface area contributed by atoms with Crippen LogP contribution < -0.4 is 10.6 Å². The molecule has 140 valence electrons. The smallest absolute Gasteiger partial charge is 0.114 e. The number of hydrogen-bond acceptors (Lipinski definition) is 3. The van der Waals surface area contributed by atoms with Gasteiger partial charge in [-0.25, -0.2) is 4.98 Å². The summed E-state index contributed by atoms with van der Waals surface area (Å²) >= 11 is 0. The van der Waals surface area contributed by atoms with Gasteiger partial charge in [-0.05, 0) is 63.4 Å². The molecule has 4 nitrogen and oxygen atoms in total. The molecule has 1 atom stereocenters. The van der Waals surface area contributed by atoms with Crippen LogP contribution in [0.5, 0.6) is 0 Å². The molecule has 2 aromatic carbocycles. The Morgan fingerprint density at radius 1 is 1.04 bits per heavy atom. The van der Waals surface area contributed by atoms with Crippen molar-refractivity contribution in [3.05, 3.63) is 59.4 Å². The van der Waals surface area contributed by atoms with Crippen LogP contribution in [0.1, 0.15) is 49.2 Å². The molecule has 0 saturated carbocycles. The number of rotatable bonds is 3. The van der Waals surface area contributed by atoms with Gasteiger partial charge in [0.1, 0.15) is 5.82 Å². The van der Waals surface area contributed by atoms with Gasteiger partial charge in [-0.1, -0.05) is 30.3 Å². The predicted molar refractivity (Wildman–Crippen MR) is 112 cm³/mol. The van der Waals surface area contributed by atoms with Crippen molar-refractivity contribution >= 4 is 16.7 Å². The lowest BCUT2D eigenvalue weighted by molar-refractivity contribution is 0.368. The number of piperidine rings is 1. The minimum Gasteiger partial charge on any atom is -0.382 e. The monoisotopic (exact) mass is 360 g/mol. The molecule has 0 bridgehead atoms. The van der Waals surface area contributed by atoms with Gasteiger partial charge in [-0.15, -0.1) is 0 Å². The van der Waals surface area contributed by atoms with Crippen molar-refractivity contribution < 1.29 is 0 Å². The Labute approximate surface area is 161 Å². The Kier molecular flexibility index (Phi) is 4.36. The van der Waals surface area contributed by atoms with Crippen LogP contribution in [0.2, 0.25) is 0 Å². The summed E-state index contributed by atoms with van der Waals surface area (Å²) in [6.07, 6.45) is 5.56. The van der Waals surface area contributed by atoms with Gasteiger partial charge in [-0.2, -0.15) is 0 Å². The lowest BCUT2D eigenvalue weighted by Crippen LogP contribution is -2.30. The first-order valence-electron chi connectivity index (χ1n) is 10.3. The second-order valence-corrected chi connectivity index (χ2v) is 8.09. The molecule has 0 amide bonds. The van der Waals surface area contributed by atoms with Gasteiger partial charge >= 0.3 is 0 Å². The maximum Gasteiger partial charge on any atom is 0.114 e. The second-order valence-electron chi connectivity index (χ2n) is 8.09. The van der Waals surface area contributed by atoms with E-state index in [2.05, 4.69) is 64.6 Å². The summed E-state index contributed by atoms with van der Waals surface area (Å²) in [5, 5.41) is 7.16. The van der Waals surface area contributed by atoms with E-state index in [-0.39, 0.29) is 0 Å². The average Bonchev–Trinajstić information content (AvgIpc) is 3.07. The van der Waals surface area contributed by atoms with E-state index in [0.29, 0.717) is 12.1 Å². The number of nitrogens with one attached hydrogen (secondary N) is 2. The molecular weight excluding hydrogens is 332 g/mol. The van der Waals surface area contributed by atoms with Crippen LogP contribution in [0.3, 0.4) is 0 Å². The molecule has 0 spiro atoms. The molecule has 0 aliphatic carbocycles. The molecule has 1 aromatic heterocycles. The maximum atomic E-state index is 5.22. The summed E-state index contributed by atoms with van der Waals surface area (Å²) in [7, 11) is 0. The van der Waals surface area contributed by atoms with Crippen LogP contribution in [-0.4, -0.2) is 28.7 Å². The van der Waals surface area contributed by atoms with Crippen molar-refractivity contribution in [3.8, 4) is 0 Å². The minimum atomic E-state index is 0.545. The number of hydrogen-bond donors (Lipinski definition) is 2. The molecule has 3 aromatic rings. The Morgan fingerprint density at radius 3 is 2.67 bits per heavy atom. The third-order valence-electron chi connectivity index (χ3n) is 6.15. The zero-order valence-electron chi connectivity index (χ0n) is 16.0. The first-order chi connectivity index (χ1) is 13.3. The van der Waals surface area contributed by atoms with Gasteiger partial charge in [0, 0.05) is 29.8 Å². The molecular formula is C23H28N4. The molecule has 3 heterocycles. The first-order valence-corrected chi connectivity index (χ1v) is 10.3. The zero-order chi connectivity index (χ0) is 18.2. The Balaban J connectivity index is 1.64. The average molecular weight is 361 g/mol. The molecule has 2 aliphatic heterocycles. The molecule has 5 rings (SSSR count). The van der Waals surface area contributed by atoms with E-state index in [1.807, 2.05) is 0 Å². The highest BCUT2D eigenvalue weighted by Gasteiger charge is 2.25. The van der Waals surface area contributed by atoms with Gasteiger partial charge in [-0.3, -0.25) is 0 Å². The van der Waals surface area contributed by atoms with Gasteiger partial charge in [0.25, 0.3) is 0 Å². The lowest BCUT2D eigenvalue weighted by Gasteiger charge is -2.27. The van der Waals surface area contributed by atoms with Crippen molar-refractivity contribution in [2.75, 3.05) is 18.4 Å². The summed E-state index contributed by atoms with van der Waals surface area (Å²) in [6, 6.07) is 16.4. The third-order valence-corrected chi connectivity index (χ3v) is 6.15. The highest BCUT2D eigenvalue weighted by Crippen LogP contribution is 2.35. The minimum absolute atomic E-state index is 0.545. The first kappa shape index (κ1) is 16.8. The Bertz CT molecular complexity index is 938. The van der Waals surface area contributed by atoms with Crippen LogP contribution in [0.25, 0.3) is 11.0 Å². The van der Waals surface area contributed by atoms with E-state index in [0.717, 1.165) is 25.9 Å². The molecule has 1 fully saturated rings. The number of aromatic nitrogens is 2. The predicted octanol–water partition coefficient (Wildman–Crippen LogP) is 4.30. The van der Waals surface area contributed by atoms with Crippen LogP contribution in [0.15, 0.2) is 42.5 Å². The van der Waals surface area contributed by atoms with E-state index in [4.69, 9.17) is 4.98 Å². The Hall–Kier alpha value is -2.33. The zero-order valence-corrected chi connectivity index (χ0v) is 16.0. The summed E-state index contributed by atoms with van der Waals surface area (Å²) in [6.45, 7) is 4.46. The van der Waals surface area contributed by atoms with E-state index in [1.54, 1.807) is 0 Å². The van der Waals surface area contributed by atoms with E-state index < -0.39 is 0 Å². The molecule has 1 saturated heterocycles. The van der Waals surface area contributed by atoms with Crippen LogP contribution in [0, 0.1) is 0 Å². The molecule has 0 unspecified atom stereocenters. The number of anilines is 1. The topological polar surface area (TPSA) is 41.9 Å². The molecule has 27 heavy (non-hydrogen) atoms. The normalized spacial score (nSPS) is 20.4. The Morgan fingerprint density at radius 2 is 1.85 bits per heavy atom. The summed E-state index contributed by atoms with van der Waals surface area (Å²) in [5.74, 6) is 1.22. The summed E-state index contributed by atoms with van der Waals surface area (Å²) in [5.41, 5.74) is 6.57. The van der Waals surface area contributed by atoms with Crippen LogP contribution in [0.4, 0.5) is 5.69 Å². The van der Waals surface area contributed by atoms with E-state index in [1.165, 1.54) is 52.9 Å². The maximum absolute atomic E-state index is 5.22. The fraction of sp³-hybridized carbons (Fsp3) is 0.435. The largest absolute Gasteiger partial charge is 0.382 e. The highest BCUT2D eigenvalue weighted by atomic mass is 15.1. The molecule has 2 aliphatic rings. The standard InChI is InChI=1S/C23H28N4/c1-16-7-8-19-20(25-16)9-10-21-23(19)26-22(15-17-5-3-2-4-6-17)27(21)18-11-13-24-14-12-18/h2-6,9-10,16,18,24-25H,7-8,11-15H2,1H3/t16-/m0/s1. The van der Waals surface area contributed by atoms with E-state index >= 15 is 0 Å². The van der Waals surface area contributed by atoms with Crippen molar-refractivity contribution in [1.29, 1.82) is 0 Å². The fourth-order valence-corrected chi connectivity index (χ4v) is 4.73.